The van der Waals surface area contributed by atoms with Crippen LogP contribution in [0.3, 0.4) is 0 Å². The van der Waals surface area contributed by atoms with Crippen molar-refractivity contribution in [3.05, 3.63) is 46.1 Å². The largest absolute Gasteiger partial charge is 0.478 e. The molecule has 0 amide bonds. The number of carboxylic acid groups (broad SMARTS) is 1. The van der Waals surface area contributed by atoms with Gasteiger partial charge in [0.15, 0.2) is 0 Å². The van der Waals surface area contributed by atoms with E-state index in [0.29, 0.717) is 18.5 Å². The van der Waals surface area contributed by atoms with Gasteiger partial charge in [-0.25, -0.2) is 4.79 Å². The van der Waals surface area contributed by atoms with Crippen LogP contribution in [0.2, 0.25) is 0 Å². The molecule has 0 aromatic carbocycles. The summed E-state index contributed by atoms with van der Waals surface area (Å²) in [5.74, 6) is -0.989. The first kappa shape index (κ1) is 11.7. The van der Waals surface area contributed by atoms with Crippen LogP contribution >= 0.6 is 0 Å². The Hall–Kier alpha value is -2.33. The van der Waals surface area contributed by atoms with E-state index in [9.17, 15) is 4.79 Å². The Balaban J connectivity index is 2.72. The standard InChI is InChI=1S/C10H10N4O2/c11-14-13-5-2-1-3-8-7-12-6-4-9(8)10(15)16/h1,3-4,6-7H,2,5H2,(H,15,16). The molecule has 16 heavy (non-hydrogen) atoms. The maximum absolute atomic E-state index is 10.8. The molecule has 0 aliphatic rings. The molecule has 6 nitrogen and oxygen atoms in total. The summed E-state index contributed by atoms with van der Waals surface area (Å²) >= 11 is 0. The van der Waals surface area contributed by atoms with Crippen LogP contribution in [0, 0.1) is 0 Å². The fourth-order valence-electron chi connectivity index (χ4n) is 1.12. The summed E-state index contributed by atoms with van der Waals surface area (Å²) in [7, 11) is 0. The Labute approximate surface area is 91.9 Å². The van der Waals surface area contributed by atoms with Crippen LogP contribution in [0.1, 0.15) is 22.3 Å². The highest BCUT2D eigenvalue weighted by molar-refractivity contribution is 5.91. The third-order valence-electron chi connectivity index (χ3n) is 1.84. The third kappa shape index (κ3) is 3.43. The summed E-state index contributed by atoms with van der Waals surface area (Å²) in [4.78, 5) is 17.3. The second kappa shape index (κ2) is 6.21. The molecule has 0 bridgehead atoms. The van der Waals surface area contributed by atoms with Gasteiger partial charge in [-0.1, -0.05) is 17.3 Å². The first-order valence-corrected chi connectivity index (χ1v) is 4.60. The molecular formula is C10H10N4O2. The molecule has 1 rings (SSSR count). The van der Waals surface area contributed by atoms with Crippen LogP contribution < -0.4 is 0 Å². The lowest BCUT2D eigenvalue weighted by Crippen LogP contribution is -1.99. The van der Waals surface area contributed by atoms with Crippen molar-refractivity contribution in [1.29, 1.82) is 0 Å². The number of aromatic nitrogens is 1. The smallest absolute Gasteiger partial charge is 0.336 e. The maximum Gasteiger partial charge on any atom is 0.336 e. The van der Waals surface area contributed by atoms with Crippen LogP contribution in [0.25, 0.3) is 16.5 Å². The minimum absolute atomic E-state index is 0.204. The van der Waals surface area contributed by atoms with Crippen molar-refractivity contribution >= 4 is 12.0 Å². The van der Waals surface area contributed by atoms with E-state index in [0.717, 1.165) is 0 Å². The van der Waals surface area contributed by atoms with Gasteiger partial charge in [0.1, 0.15) is 0 Å². The van der Waals surface area contributed by atoms with E-state index in [2.05, 4.69) is 15.0 Å². The second-order valence-corrected chi connectivity index (χ2v) is 2.91. The number of pyridine rings is 1. The minimum atomic E-state index is -0.989. The monoisotopic (exact) mass is 218 g/mol. The average molecular weight is 218 g/mol. The van der Waals surface area contributed by atoms with Crippen molar-refractivity contribution in [2.75, 3.05) is 6.54 Å². The fraction of sp³-hybridized carbons (Fsp3) is 0.200. The van der Waals surface area contributed by atoms with E-state index in [1.807, 2.05) is 0 Å². The van der Waals surface area contributed by atoms with Gasteiger partial charge in [0, 0.05) is 29.4 Å². The van der Waals surface area contributed by atoms with Gasteiger partial charge >= 0.3 is 5.97 Å². The maximum atomic E-state index is 10.8. The van der Waals surface area contributed by atoms with Crippen molar-refractivity contribution < 1.29 is 9.90 Å². The van der Waals surface area contributed by atoms with E-state index in [4.69, 9.17) is 10.6 Å². The summed E-state index contributed by atoms with van der Waals surface area (Å²) in [6, 6.07) is 1.44. The van der Waals surface area contributed by atoms with E-state index in [1.165, 1.54) is 18.5 Å². The summed E-state index contributed by atoms with van der Waals surface area (Å²) in [5.41, 5.74) is 8.79. The van der Waals surface area contributed by atoms with E-state index in [1.54, 1.807) is 12.2 Å². The Kier molecular flexibility index (Phi) is 4.56. The van der Waals surface area contributed by atoms with Crippen molar-refractivity contribution in [1.82, 2.24) is 4.98 Å². The molecule has 1 aromatic heterocycles. The van der Waals surface area contributed by atoms with Crippen LogP contribution in [-0.4, -0.2) is 22.6 Å². The fourth-order valence-corrected chi connectivity index (χ4v) is 1.12. The summed E-state index contributed by atoms with van der Waals surface area (Å²) < 4.78 is 0. The lowest BCUT2D eigenvalue weighted by molar-refractivity contribution is 0.0696. The van der Waals surface area contributed by atoms with Crippen molar-refractivity contribution in [3.63, 3.8) is 0 Å². The molecule has 6 heteroatoms. The summed E-state index contributed by atoms with van der Waals surface area (Å²) in [6.45, 7) is 0.357. The number of azide groups is 1. The van der Waals surface area contributed by atoms with Gasteiger partial charge in [0.2, 0.25) is 0 Å². The quantitative estimate of drug-likeness (QED) is 0.355. The lowest BCUT2D eigenvalue weighted by atomic mass is 10.1. The summed E-state index contributed by atoms with van der Waals surface area (Å²) in [6.07, 6.45) is 6.88. The number of aromatic carboxylic acids is 1. The Morgan fingerprint density at radius 3 is 3.19 bits per heavy atom. The normalized spacial score (nSPS) is 10.0. The topological polar surface area (TPSA) is 99.0 Å². The van der Waals surface area contributed by atoms with Gasteiger partial charge in [0.05, 0.1) is 5.56 Å². The predicted octanol–water partition coefficient (Wildman–Crippen LogP) is 2.49. The van der Waals surface area contributed by atoms with Gasteiger partial charge in [0.25, 0.3) is 0 Å². The molecule has 1 N–H and O–H groups in total. The molecule has 0 aliphatic carbocycles. The van der Waals surface area contributed by atoms with Crippen LogP contribution in [0.5, 0.6) is 0 Å². The van der Waals surface area contributed by atoms with Gasteiger partial charge in [-0.15, -0.1) is 0 Å². The van der Waals surface area contributed by atoms with Crippen LogP contribution in [0.4, 0.5) is 0 Å². The zero-order chi connectivity index (χ0) is 11.8. The van der Waals surface area contributed by atoms with Crippen molar-refractivity contribution in [2.24, 2.45) is 5.11 Å². The predicted molar refractivity (Wildman–Crippen MR) is 58.9 cm³/mol. The van der Waals surface area contributed by atoms with Gasteiger partial charge in [-0.2, -0.15) is 0 Å². The zero-order valence-electron chi connectivity index (χ0n) is 8.45. The average Bonchev–Trinajstić information content (AvgIpc) is 2.29. The molecule has 0 saturated heterocycles. The highest BCUT2D eigenvalue weighted by Gasteiger charge is 2.06. The van der Waals surface area contributed by atoms with Crippen molar-refractivity contribution in [3.8, 4) is 0 Å². The molecule has 0 atom stereocenters. The Bertz CT molecular complexity index is 450. The molecule has 1 heterocycles. The second-order valence-electron chi connectivity index (χ2n) is 2.91. The van der Waals surface area contributed by atoms with Gasteiger partial charge in [-0.05, 0) is 18.0 Å². The highest BCUT2D eigenvalue weighted by Crippen LogP contribution is 2.09. The van der Waals surface area contributed by atoms with Crippen molar-refractivity contribution in [2.45, 2.75) is 6.42 Å². The van der Waals surface area contributed by atoms with Gasteiger partial charge in [-0.3, -0.25) is 4.98 Å². The first-order valence-electron chi connectivity index (χ1n) is 4.60. The Morgan fingerprint density at radius 1 is 1.69 bits per heavy atom. The van der Waals surface area contributed by atoms with E-state index >= 15 is 0 Å². The van der Waals surface area contributed by atoms with Crippen LogP contribution in [0.15, 0.2) is 29.7 Å². The molecule has 0 spiro atoms. The number of hydrogen-bond donors (Lipinski definition) is 1. The van der Waals surface area contributed by atoms with E-state index in [-0.39, 0.29) is 5.56 Å². The molecule has 0 aliphatic heterocycles. The molecular weight excluding hydrogens is 208 g/mol. The molecule has 0 saturated carbocycles. The number of carboxylic acids is 1. The number of rotatable bonds is 5. The minimum Gasteiger partial charge on any atom is -0.478 e. The zero-order valence-corrected chi connectivity index (χ0v) is 8.45. The van der Waals surface area contributed by atoms with Crippen LogP contribution in [-0.2, 0) is 0 Å². The number of hydrogen-bond acceptors (Lipinski definition) is 3. The highest BCUT2D eigenvalue weighted by atomic mass is 16.4. The number of carbonyl (C=O) groups is 1. The molecule has 0 unspecified atom stereocenters. The Morgan fingerprint density at radius 2 is 2.50 bits per heavy atom. The molecule has 1 aromatic rings. The van der Waals surface area contributed by atoms with Gasteiger partial charge < -0.3 is 5.11 Å². The summed E-state index contributed by atoms with van der Waals surface area (Å²) in [5, 5.41) is 12.2. The SMILES string of the molecule is [N-]=[N+]=NCCC=Cc1cnccc1C(=O)O. The lowest BCUT2D eigenvalue weighted by Gasteiger charge is -1.98. The van der Waals surface area contributed by atoms with E-state index < -0.39 is 5.97 Å². The molecule has 0 radical (unpaired) electrons. The molecule has 82 valence electrons. The third-order valence-corrected chi connectivity index (χ3v) is 1.84. The molecule has 0 fully saturated rings. The number of nitrogens with zero attached hydrogens (tertiary/aromatic N) is 4. The first-order chi connectivity index (χ1) is 7.75.